The SMILES string of the molecule is O=c1[nH]n(C2CCCC2)c2c1CSCC2. The molecule has 4 heteroatoms. The van der Waals surface area contributed by atoms with E-state index < -0.39 is 0 Å². The molecule has 2 aliphatic rings. The van der Waals surface area contributed by atoms with Crippen LogP contribution in [0.15, 0.2) is 4.79 Å². The van der Waals surface area contributed by atoms with E-state index in [1.54, 1.807) is 0 Å². The van der Waals surface area contributed by atoms with Crippen LogP contribution in [0.5, 0.6) is 0 Å². The Labute approximate surface area is 93.2 Å². The van der Waals surface area contributed by atoms with Gasteiger partial charge < -0.3 is 0 Å². The van der Waals surface area contributed by atoms with Crippen molar-refractivity contribution in [3.8, 4) is 0 Å². The second-order valence-electron chi connectivity index (χ2n) is 4.48. The fourth-order valence-electron chi connectivity index (χ4n) is 2.76. The van der Waals surface area contributed by atoms with Gasteiger partial charge in [0.2, 0.25) is 0 Å². The van der Waals surface area contributed by atoms with Gasteiger partial charge in [-0.25, -0.2) is 0 Å². The minimum atomic E-state index is 0.157. The summed E-state index contributed by atoms with van der Waals surface area (Å²) in [7, 11) is 0. The predicted octanol–water partition coefficient (Wildman–Crippen LogP) is 2.08. The van der Waals surface area contributed by atoms with Gasteiger partial charge in [-0.2, -0.15) is 11.8 Å². The number of nitrogens with zero attached hydrogens (tertiary/aromatic N) is 1. The third kappa shape index (κ3) is 1.55. The summed E-state index contributed by atoms with van der Waals surface area (Å²) in [6.45, 7) is 0. The second kappa shape index (κ2) is 3.74. The Balaban J connectivity index is 2.03. The van der Waals surface area contributed by atoms with Crippen LogP contribution in [0.4, 0.5) is 0 Å². The van der Waals surface area contributed by atoms with E-state index in [4.69, 9.17) is 0 Å². The molecule has 0 spiro atoms. The van der Waals surface area contributed by atoms with Gasteiger partial charge in [0.25, 0.3) is 5.56 Å². The Morgan fingerprint density at radius 1 is 1.33 bits per heavy atom. The Bertz CT molecular complexity index is 415. The van der Waals surface area contributed by atoms with Crippen molar-refractivity contribution in [1.82, 2.24) is 9.78 Å². The Hall–Kier alpha value is -0.640. The largest absolute Gasteiger partial charge is 0.286 e. The number of aromatic amines is 1. The molecule has 1 aliphatic carbocycles. The van der Waals surface area contributed by atoms with Crippen LogP contribution < -0.4 is 5.56 Å². The molecular formula is C11H16N2OS. The van der Waals surface area contributed by atoms with Crippen molar-refractivity contribution in [1.29, 1.82) is 0 Å². The molecule has 0 saturated heterocycles. The molecule has 1 aliphatic heterocycles. The van der Waals surface area contributed by atoms with Gasteiger partial charge >= 0.3 is 0 Å². The Morgan fingerprint density at radius 2 is 2.13 bits per heavy atom. The van der Waals surface area contributed by atoms with Gasteiger partial charge in [-0.15, -0.1) is 0 Å². The first-order valence-electron chi connectivity index (χ1n) is 5.76. The van der Waals surface area contributed by atoms with Crippen LogP contribution in [0.1, 0.15) is 43.0 Å². The van der Waals surface area contributed by atoms with Crippen molar-refractivity contribution >= 4 is 11.8 Å². The van der Waals surface area contributed by atoms with Crippen molar-refractivity contribution in [2.75, 3.05) is 5.75 Å². The van der Waals surface area contributed by atoms with E-state index in [0.29, 0.717) is 6.04 Å². The number of thioether (sulfide) groups is 1. The molecule has 1 saturated carbocycles. The average molecular weight is 224 g/mol. The predicted molar refractivity (Wildman–Crippen MR) is 62.4 cm³/mol. The lowest BCUT2D eigenvalue weighted by Crippen LogP contribution is -2.13. The van der Waals surface area contributed by atoms with Crippen molar-refractivity contribution in [3.05, 3.63) is 21.6 Å². The zero-order chi connectivity index (χ0) is 10.3. The zero-order valence-electron chi connectivity index (χ0n) is 8.79. The molecule has 1 N–H and O–H groups in total. The standard InChI is InChI=1S/C11H16N2OS/c14-11-9-7-15-6-5-10(9)13(12-11)8-3-1-2-4-8/h8H,1-7H2,(H,12,14). The van der Waals surface area contributed by atoms with Gasteiger partial charge in [0.05, 0.1) is 6.04 Å². The third-order valence-corrected chi connectivity index (χ3v) is 4.54. The molecule has 1 aromatic rings. The van der Waals surface area contributed by atoms with Crippen molar-refractivity contribution in [3.63, 3.8) is 0 Å². The molecule has 3 nitrogen and oxygen atoms in total. The number of aromatic nitrogens is 2. The monoisotopic (exact) mass is 224 g/mol. The molecule has 0 atom stereocenters. The molecule has 1 aromatic heterocycles. The van der Waals surface area contributed by atoms with E-state index in [1.165, 1.54) is 31.4 Å². The highest BCUT2D eigenvalue weighted by Gasteiger charge is 2.24. The van der Waals surface area contributed by atoms with Crippen LogP contribution in [0.2, 0.25) is 0 Å². The Kier molecular flexibility index (Phi) is 2.39. The molecule has 3 rings (SSSR count). The maximum Gasteiger partial charge on any atom is 0.268 e. The summed E-state index contributed by atoms with van der Waals surface area (Å²) >= 11 is 1.87. The van der Waals surface area contributed by atoms with Gasteiger partial charge in [0.15, 0.2) is 0 Å². The third-order valence-electron chi connectivity index (χ3n) is 3.55. The summed E-state index contributed by atoms with van der Waals surface area (Å²) in [5.74, 6) is 2.07. The average Bonchev–Trinajstić information content (AvgIpc) is 2.87. The summed E-state index contributed by atoms with van der Waals surface area (Å²) in [6.07, 6.45) is 6.17. The van der Waals surface area contributed by atoms with Gasteiger partial charge in [0, 0.05) is 17.0 Å². The van der Waals surface area contributed by atoms with Crippen LogP contribution in [0.25, 0.3) is 0 Å². The summed E-state index contributed by atoms with van der Waals surface area (Å²) in [6, 6.07) is 0.574. The quantitative estimate of drug-likeness (QED) is 0.793. The molecule has 0 unspecified atom stereocenters. The molecule has 0 aromatic carbocycles. The first kappa shape index (κ1) is 9.58. The van der Waals surface area contributed by atoms with Crippen molar-refractivity contribution in [2.45, 2.75) is 43.9 Å². The van der Waals surface area contributed by atoms with E-state index in [9.17, 15) is 4.79 Å². The van der Waals surface area contributed by atoms with Crippen LogP contribution in [0, 0.1) is 0 Å². The molecular weight excluding hydrogens is 208 g/mol. The smallest absolute Gasteiger partial charge is 0.268 e. The molecule has 0 radical (unpaired) electrons. The topological polar surface area (TPSA) is 37.8 Å². The van der Waals surface area contributed by atoms with E-state index in [2.05, 4.69) is 9.78 Å². The van der Waals surface area contributed by atoms with E-state index in [0.717, 1.165) is 23.5 Å². The maximum atomic E-state index is 11.8. The highest BCUT2D eigenvalue weighted by Crippen LogP contribution is 2.32. The van der Waals surface area contributed by atoms with E-state index in [-0.39, 0.29) is 5.56 Å². The van der Waals surface area contributed by atoms with Gasteiger partial charge in [-0.1, -0.05) is 12.8 Å². The van der Waals surface area contributed by atoms with Crippen molar-refractivity contribution < 1.29 is 0 Å². The zero-order valence-corrected chi connectivity index (χ0v) is 9.61. The number of rotatable bonds is 1. The van der Waals surface area contributed by atoms with Crippen LogP contribution >= 0.6 is 11.8 Å². The lowest BCUT2D eigenvalue weighted by atomic mass is 10.2. The number of hydrogen-bond donors (Lipinski definition) is 1. The normalized spacial score (nSPS) is 21.9. The van der Waals surface area contributed by atoms with E-state index in [1.807, 2.05) is 11.8 Å². The summed E-state index contributed by atoms with van der Waals surface area (Å²) in [4.78, 5) is 11.8. The molecule has 82 valence electrons. The maximum absolute atomic E-state index is 11.8. The highest BCUT2D eigenvalue weighted by molar-refractivity contribution is 7.98. The minimum Gasteiger partial charge on any atom is -0.286 e. The van der Waals surface area contributed by atoms with Crippen LogP contribution in [0.3, 0.4) is 0 Å². The minimum absolute atomic E-state index is 0.157. The van der Waals surface area contributed by atoms with Crippen molar-refractivity contribution in [2.24, 2.45) is 0 Å². The number of H-pyrrole nitrogens is 1. The molecule has 15 heavy (non-hydrogen) atoms. The summed E-state index contributed by atoms with van der Waals surface area (Å²) in [5, 5.41) is 3.04. The molecule has 1 fully saturated rings. The second-order valence-corrected chi connectivity index (χ2v) is 5.58. The van der Waals surface area contributed by atoms with Gasteiger partial charge in [-0.05, 0) is 25.0 Å². The first-order valence-corrected chi connectivity index (χ1v) is 6.92. The molecule has 2 heterocycles. The summed E-state index contributed by atoms with van der Waals surface area (Å²) in [5.41, 5.74) is 2.49. The lowest BCUT2D eigenvalue weighted by molar-refractivity contribution is 0.448. The number of fused-ring (bicyclic) bond motifs is 1. The Morgan fingerprint density at radius 3 is 2.93 bits per heavy atom. The van der Waals surface area contributed by atoms with Gasteiger partial charge in [0.1, 0.15) is 0 Å². The molecule has 0 bridgehead atoms. The first-order chi connectivity index (χ1) is 7.36. The fourth-order valence-corrected chi connectivity index (χ4v) is 3.74. The summed E-state index contributed by atoms with van der Waals surface area (Å²) < 4.78 is 2.18. The van der Waals surface area contributed by atoms with Gasteiger partial charge in [-0.3, -0.25) is 14.6 Å². The molecule has 0 amide bonds. The number of nitrogens with one attached hydrogen (secondary N) is 1. The fraction of sp³-hybridized carbons (Fsp3) is 0.727. The highest BCUT2D eigenvalue weighted by atomic mass is 32.2. The lowest BCUT2D eigenvalue weighted by Gasteiger charge is -2.18. The van der Waals surface area contributed by atoms with E-state index >= 15 is 0 Å². The van der Waals surface area contributed by atoms with Crippen LogP contribution in [-0.2, 0) is 12.2 Å². The number of hydrogen-bond acceptors (Lipinski definition) is 2. The van der Waals surface area contributed by atoms with Crippen LogP contribution in [-0.4, -0.2) is 15.5 Å².